The number of carbonyl (C=O) groups is 2. The van der Waals surface area contributed by atoms with Crippen LogP contribution >= 0.6 is 11.3 Å². The molecule has 2 unspecified atom stereocenters. The van der Waals surface area contributed by atoms with Gasteiger partial charge in [0.15, 0.2) is 0 Å². The van der Waals surface area contributed by atoms with E-state index in [2.05, 4.69) is 16.4 Å². The summed E-state index contributed by atoms with van der Waals surface area (Å²) < 4.78 is 0. The van der Waals surface area contributed by atoms with Gasteiger partial charge in [0.2, 0.25) is 5.91 Å². The Morgan fingerprint density at radius 2 is 1.93 bits per heavy atom. The third kappa shape index (κ3) is 3.69. The highest BCUT2D eigenvalue weighted by atomic mass is 32.1. The number of amides is 2. The van der Waals surface area contributed by atoms with Gasteiger partial charge < -0.3 is 14.9 Å². The van der Waals surface area contributed by atoms with Crippen LogP contribution in [0, 0.1) is 11.3 Å². The van der Waals surface area contributed by atoms with E-state index in [1.54, 1.807) is 35.9 Å². The van der Waals surface area contributed by atoms with Crippen LogP contribution in [0.3, 0.4) is 0 Å². The molecule has 4 heterocycles. The van der Waals surface area contributed by atoms with E-state index in [4.69, 9.17) is 0 Å². The minimum absolute atomic E-state index is 0.00321. The molecule has 2 saturated heterocycles. The lowest BCUT2D eigenvalue weighted by Crippen LogP contribution is -2.40. The first kappa shape index (κ1) is 19.1. The number of thiophene rings is 1. The number of aromatic nitrogens is 1. The van der Waals surface area contributed by atoms with Crippen molar-refractivity contribution < 1.29 is 14.7 Å². The van der Waals surface area contributed by atoms with E-state index in [-0.39, 0.29) is 24.3 Å². The lowest BCUT2D eigenvalue weighted by atomic mass is 9.82. The monoisotopic (exact) mass is 399 g/mol. The molecule has 6 nitrogen and oxygen atoms in total. The number of fused-ring (bicyclic) bond motifs is 1. The van der Waals surface area contributed by atoms with E-state index >= 15 is 0 Å². The molecule has 0 radical (unpaired) electrons. The second kappa shape index (κ2) is 8.01. The quantitative estimate of drug-likeness (QED) is 0.807. The first-order chi connectivity index (χ1) is 13.6. The zero-order valence-electron chi connectivity index (χ0n) is 15.8. The molecule has 2 atom stereocenters. The van der Waals surface area contributed by atoms with Gasteiger partial charge in [-0.1, -0.05) is 6.07 Å². The molecule has 2 aliphatic heterocycles. The molecule has 0 aromatic carbocycles. The molecule has 2 aromatic heterocycles. The molecule has 7 heteroatoms. The predicted molar refractivity (Wildman–Crippen MR) is 107 cm³/mol. The summed E-state index contributed by atoms with van der Waals surface area (Å²) in [7, 11) is 0. The van der Waals surface area contributed by atoms with Gasteiger partial charge in [0.25, 0.3) is 5.91 Å². The Labute approximate surface area is 168 Å². The molecule has 2 aromatic rings. The van der Waals surface area contributed by atoms with Crippen molar-refractivity contribution in [1.29, 1.82) is 0 Å². The highest BCUT2D eigenvalue weighted by Crippen LogP contribution is 2.42. The first-order valence-electron chi connectivity index (χ1n) is 9.72. The maximum absolute atomic E-state index is 12.7. The molecule has 148 valence electrons. The maximum atomic E-state index is 12.7. The van der Waals surface area contributed by atoms with Crippen LogP contribution < -0.4 is 0 Å². The fourth-order valence-corrected chi connectivity index (χ4v) is 5.20. The van der Waals surface area contributed by atoms with Crippen LogP contribution in [0.25, 0.3) is 0 Å². The average molecular weight is 400 g/mol. The van der Waals surface area contributed by atoms with E-state index in [1.807, 2.05) is 15.9 Å². The Morgan fingerprint density at radius 3 is 2.61 bits per heavy atom. The van der Waals surface area contributed by atoms with Gasteiger partial charge in [-0.05, 0) is 36.4 Å². The van der Waals surface area contributed by atoms with Crippen molar-refractivity contribution in [3.8, 4) is 0 Å². The van der Waals surface area contributed by atoms with Crippen molar-refractivity contribution in [3.63, 3.8) is 0 Å². The SMILES string of the molecule is O=C(CCCc1cccs1)N1CC2CN(C(=O)c3ccncc3)CC2(CO)C1. The summed E-state index contributed by atoms with van der Waals surface area (Å²) in [5.41, 5.74) is 0.219. The molecule has 0 aliphatic carbocycles. The second-order valence-corrected chi connectivity index (χ2v) is 8.88. The lowest BCUT2D eigenvalue weighted by molar-refractivity contribution is -0.130. The van der Waals surface area contributed by atoms with Crippen LogP contribution in [-0.2, 0) is 11.2 Å². The van der Waals surface area contributed by atoms with Gasteiger partial charge in [-0.3, -0.25) is 14.6 Å². The zero-order chi connectivity index (χ0) is 19.6. The molecule has 0 saturated carbocycles. The summed E-state index contributed by atoms with van der Waals surface area (Å²) in [5.74, 6) is 0.258. The van der Waals surface area contributed by atoms with Gasteiger partial charge in [0, 0.05) is 66.8 Å². The van der Waals surface area contributed by atoms with E-state index in [9.17, 15) is 14.7 Å². The number of aliphatic hydroxyl groups excluding tert-OH is 1. The van der Waals surface area contributed by atoms with E-state index in [1.165, 1.54) is 4.88 Å². The summed E-state index contributed by atoms with van der Waals surface area (Å²) in [6.07, 6.45) is 5.54. The lowest BCUT2D eigenvalue weighted by Gasteiger charge is -2.27. The fraction of sp³-hybridized carbons (Fsp3) is 0.476. The van der Waals surface area contributed by atoms with Gasteiger partial charge in [-0.15, -0.1) is 11.3 Å². The molecule has 2 amide bonds. The summed E-state index contributed by atoms with van der Waals surface area (Å²) in [5, 5.41) is 12.2. The molecule has 2 fully saturated rings. The maximum Gasteiger partial charge on any atom is 0.253 e. The van der Waals surface area contributed by atoms with Crippen molar-refractivity contribution in [2.45, 2.75) is 19.3 Å². The van der Waals surface area contributed by atoms with E-state index in [0.29, 0.717) is 38.2 Å². The van der Waals surface area contributed by atoms with Crippen molar-refractivity contribution >= 4 is 23.2 Å². The minimum atomic E-state index is -0.397. The van der Waals surface area contributed by atoms with Crippen LogP contribution in [0.4, 0.5) is 0 Å². The summed E-state index contributed by atoms with van der Waals surface area (Å²) in [6, 6.07) is 7.56. The van der Waals surface area contributed by atoms with Gasteiger partial charge in [0.05, 0.1) is 6.61 Å². The molecular weight excluding hydrogens is 374 g/mol. The third-order valence-electron chi connectivity index (χ3n) is 6.04. The number of rotatable bonds is 6. The Kier molecular flexibility index (Phi) is 5.46. The summed E-state index contributed by atoms with van der Waals surface area (Å²) in [4.78, 5) is 34.4. The molecule has 4 rings (SSSR count). The zero-order valence-corrected chi connectivity index (χ0v) is 16.6. The number of pyridine rings is 1. The summed E-state index contributed by atoms with van der Waals surface area (Å²) >= 11 is 1.73. The third-order valence-corrected chi connectivity index (χ3v) is 6.97. The van der Waals surface area contributed by atoms with Crippen molar-refractivity contribution in [2.24, 2.45) is 11.3 Å². The predicted octanol–water partition coefficient (Wildman–Crippen LogP) is 2.06. The Morgan fingerprint density at radius 1 is 1.18 bits per heavy atom. The highest BCUT2D eigenvalue weighted by molar-refractivity contribution is 7.09. The van der Waals surface area contributed by atoms with Gasteiger partial charge in [-0.25, -0.2) is 0 Å². The number of nitrogens with zero attached hydrogens (tertiary/aromatic N) is 3. The molecule has 0 spiro atoms. The second-order valence-electron chi connectivity index (χ2n) is 7.85. The smallest absolute Gasteiger partial charge is 0.253 e. The molecule has 0 bridgehead atoms. The van der Waals surface area contributed by atoms with Crippen molar-refractivity contribution in [3.05, 3.63) is 52.5 Å². The van der Waals surface area contributed by atoms with Crippen LogP contribution in [-0.4, -0.2) is 64.5 Å². The molecule has 2 aliphatic rings. The number of hydrogen-bond acceptors (Lipinski definition) is 5. The largest absolute Gasteiger partial charge is 0.396 e. The highest BCUT2D eigenvalue weighted by Gasteiger charge is 2.54. The Bertz CT molecular complexity index is 827. The first-order valence-corrected chi connectivity index (χ1v) is 10.6. The van der Waals surface area contributed by atoms with E-state index in [0.717, 1.165) is 12.8 Å². The Balaban J connectivity index is 1.34. The minimum Gasteiger partial charge on any atom is -0.396 e. The van der Waals surface area contributed by atoms with Crippen molar-refractivity contribution in [1.82, 2.24) is 14.8 Å². The van der Waals surface area contributed by atoms with Crippen LogP contribution in [0.1, 0.15) is 28.1 Å². The molecular formula is C21H25N3O3S. The average Bonchev–Trinajstić information content (AvgIpc) is 3.42. The number of aliphatic hydroxyl groups is 1. The Hall–Kier alpha value is -2.25. The fourth-order valence-electron chi connectivity index (χ4n) is 4.45. The van der Waals surface area contributed by atoms with E-state index < -0.39 is 5.41 Å². The van der Waals surface area contributed by atoms with Crippen LogP contribution in [0.5, 0.6) is 0 Å². The van der Waals surface area contributed by atoms with Crippen molar-refractivity contribution in [2.75, 3.05) is 32.8 Å². The van der Waals surface area contributed by atoms with Crippen LogP contribution in [0.15, 0.2) is 42.0 Å². The standard InChI is InChI=1S/C21H25N3O3S/c25-15-21-13-23(19(26)5-1-3-18-4-2-10-28-18)11-17(21)12-24(14-21)20(27)16-6-8-22-9-7-16/h2,4,6-10,17,25H,1,3,5,11-15H2. The molecule has 28 heavy (non-hydrogen) atoms. The molecule has 1 N–H and O–H groups in total. The number of carbonyl (C=O) groups excluding carboxylic acids is 2. The number of hydrogen-bond donors (Lipinski definition) is 1. The number of aryl methyl sites for hydroxylation is 1. The van der Waals surface area contributed by atoms with Crippen LogP contribution in [0.2, 0.25) is 0 Å². The van der Waals surface area contributed by atoms with Gasteiger partial charge >= 0.3 is 0 Å². The number of likely N-dealkylation sites (tertiary alicyclic amines) is 2. The van der Waals surface area contributed by atoms with Gasteiger partial charge in [0.1, 0.15) is 0 Å². The normalized spacial score (nSPS) is 23.8. The summed E-state index contributed by atoms with van der Waals surface area (Å²) in [6.45, 7) is 2.23. The van der Waals surface area contributed by atoms with Gasteiger partial charge in [-0.2, -0.15) is 0 Å². The topological polar surface area (TPSA) is 73.7 Å².